The summed E-state index contributed by atoms with van der Waals surface area (Å²) >= 11 is 0. The van der Waals surface area contributed by atoms with Crippen LogP contribution in [-0.2, 0) is 9.59 Å². The molecule has 0 amide bonds. The molecule has 40 valence electrons. The molecular weight excluding hydrogens is 108 g/mol. The zero-order valence-corrected chi connectivity index (χ0v) is 5.63. The van der Waals surface area contributed by atoms with Gasteiger partial charge in [0.25, 0.3) is 0 Å². The molecule has 0 aliphatic carbocycles. The molecule has 0 aromatic rings. The minimum absolute atomic E-state index is 0.194. The molecule has 0 bridgehead atoms. The third-order valence-electron chi connectivity index (χ3n) is 0.685. The molecule has 0 heterocycles. The zero-order valence-electron chi connectivity index (χ0n) is 4.47. The highest BCUT2D eigenvalue weighted by molar-refractivity contribution is 6.96. The first-order chi connectivity index (χ1) is 3.18. The minimum atomic E-state index is -1.27. The number of hydrogen-bond acceptors (Lipinski definition) is 2. The molecule has 0 fully saturated rings. The smallest absolute Gasteiger partial charge is 0.180 e. The van der Waals surface area contributed by atoms with Crippen molar-refractivity contribution in [1.29, 1.82) is 0 Å². The minimum Gasteiger partial charge on any atom is -0.298 e. The molecule has 0 aliphatic heterocycles. The highest BCUT2D eigenvalue weighted by atomic mass is 28.3. The summed E-state index contributed by atoms with van der Waals surface area (Å²) in [5.41, 5.74) is 0. The van der Waals surface area contributed by atoms with E-state index in [0.29, 0.717) is 6.29 Å². The maximum atomic E-state index is 10.2. The lowest BCUT2D eigenvalue weighted by Gasteiger charge is -1.87. The molecule has 0 aromatic heterocycles. The van der Waals surface area contributed by atoms with Crippen LogP contribution in [0, 0.1) is 0 Å². The molecule has 0 radical (unpaired) electrons. The van der Waals surface area contributed by atoms with Crippen LogP contribution < -0.4 is 0 Å². The summed E-state index contributed by atoms with van der Waals surface area (Å²) in [7, 11) is -1.27. The van der Waals surface area contributed by atoms with Gasteiger partial charge < -0.3 is 0 Å². The SMILES string of the molecule is C[SiH](C)C(=O)C=O. The quantitative estimate of drug-likeness (QED) is 0.284. The van der Waals surface area contributed by atoms with Gasteiger partial charge in [0, 0.05) is 0 Å². The molecule has 0 atom stereocenters. The van der Waals surface area contributed by atoms with Crippen molar-refractivity contribution in [2.75, 3.05) is 0 Å². The lowest BCUT2D eigenvalue weighted by Crippen LogP contribution is -2.17. The summed E-state index contributed by atoms with van der Waals surface area (Å²) < 4.78 is 0. The second kappa shape index (κ2) is 2.68. The van der Waals surface area contributed by atoms with E-state index in [0.717, 1.165) is 0 Å². The van der Waals surface area contributed by atoms with Gasteiger partial charge in [-0.15, -0.1) is 0 Å². The van der Waals surface area contributed by atoms with Crippen molar-refractivity contribution in [3.8, 4) is 0 Å². The number of carbonyl (C=O) groups is 2. The first-order valence-electron chi connectivity index (χ1n) is 2.17. The van der Waals surface area contributed by atoms with Gasteiger partial charge in [-0.05, 0) is 0 Å². The Bertz CT molecular complexity index is 87.7. The van der Waals surface area contributed by atoms with Gasteiger partial charge in [-0.2, -0.15) is 0 Å². The topological polar surface area (TPSA) is 34.1 Å². The van der Waals surface area contributed by atoms with E-state index in [2.05, 4.69) is 0 Å². The number of rotatable bonds is 2. The molecule has 0 aliphatic rings. The Hall–Kier alpha value is -0.443. The van der Waals surface area contributed by atoms with E-state index in [4.69, 9.17) is 0 Å². The maximum absolute atomic E-state index is 10.2. The van der Waals surface area contributed by atoms with Gasteiger partial charge >= 0.3 is 0 Å². The van der Waals surface area contributed by atoms with Gasteiger partial charge in [-0.1, -0.05) is 13.1 Å². The van der Waals surface area contributed by atoms with Crippen LogP contribution in [0.3, 0.4) is 0 Å². The maximum Gasteiger partial charge on any atom is 0.180 e. The second-order valence-corrected chi connectivity index (χ2v) is 4.55. The van der Waals surface area contributed by atoms with E-state index < -0.39 is 8.80 Å². The lowest BCUT2D eigenvalue weighted by atomic mass is 10.9. The second-order valence-electron chi connectivity index (χ2n) is 1.67. The Morgan fingerprint density at radius 3 is 2.00 bits per heavy atom. The van der Waals surface area contributed by atoms with Crippen LogP contribution in [0.4, 0.5) is 0 Å². The summed E-state index contributed by atoms with van der Waals surface area (Å²) in [4.78, 5) is 19.8. The third kappa shape index (κ3) is 2.28. The molecule has 0 saturated heterocycles. The van der Waals surface area contributed by atoms with E-state index in [-0.39, 0.29) is 5.41 Å². The standard InChI is InChI=1S/C4H8O2Si/c1-7(2)4(6)3-5/h3,7H,1-2H3. The van der Waals surface area contributed by atoms with Crippen LogP contribution in [0.2, 0.25) is 13.1 Å². The van der Waals surface area contributed by atoms with Gasteiger partial charge in [0.15, 0.2) is 11.7 Å². The molecule has 0 unspecified atom stereocenters. The molecule has 0 aromatic carbocycles. The van der Waals surface area contributed by atoms with E-state index >= 15 is 0 Å². The Labute approximate surface area is 44.1 Å². The van der Waals surface area contributed by atoms with Crippen molar-refractivity contribution in [3.63, 3.8) is 0 Å². The Kier molecular flexibility index (Phi) is 2.51. The monoisotopic (exact) mass is 116 g/mol. The Balaban J connectivity index is 3.56. The van der Waals surface area contributed by atoms with Crippen molar-refractivity contribution in [3.05, 3.63) is 0 Å². The summed E-state index contributed by atoms with van der Waals surface area (Å²) in [6.07, 6.45) is 0.414. The van der Waals surface area contributed by atoms with Crippen LogP contribution in [0.5, 0.6) is 0 Å². The van der Waals surface area contributed by atoms with Crippen molar-refractivity contribution in [2.45, 2.75) is 13.1 Å². The lowest BCUT2D eigenvalue weighted by molar-refractivity contribution is -0.125. The molecule has 0 spiro atoms. The van der Waals surface area contributed by atoms with Gasteiger partial charge in [-0.3, -0.25) is 9.59 Å². The predicted octanol–water partition coefficient (Wildman–Crippen LogP) is -0.220. The van der Waals surface area contributed by atoms with Gasteiger partial charge in [0.2, 0.25) is 0 Å². The van der Waals surface area contributed by atoms with Crippen molar-refractivity contribution in [2.24, 2.45) is 0 Å². The number of carbonyl (C=O) groups excluding carboxylic acids is 2. The zero-order chi connectivity index (χ0) is 5.86. The fourth-order valence-corrected chi connectivity index (χ4v) is 0.408. The van der Waals surface area contributed by atoms with Crippen LogP contribution in [0.25, 0.3) is 0 Å². The van der Waals surface area contributed by atoms with E-state index in [1.165, 1.54) is 0 Å². The molecule has 0 N–H and O–H groups in total. The molecule has 2 nitrogen and oxygen atoms in total. The normalized spacial score (nSPS) is 9.00. The fourth-order valence-electron chi connectivity index (χ4n) is 0.136. The van der Waals surface area contributed by atoms with E-state index in [9.17, 15) is 9.59 Å². The average molecular weight is 116 g/mol. The summed E-state index contributed by atoms with van der Waals surface area (Å²) in [6.45, 7) is 3.66. The first-order valence-corrected chi connectivity index (χ1v) is 5.06. The Morgan fingerprint density at radius 2 is 2.00 bits per heavy atom. The van der Waals surface area contributed by atoms with Gasteiger partial charge in [-0.25, -0.2) is 0 Å². The molecule has 7 heavy (non-hydrogen) atoms. The van der Waals surface area contributed by atoms with Crippen molar-refractivity contribution in [1.82, 2.24) is 0 Å². The van der Waals surface area contributed by atoms with Crippen LogP contribution in [-0.4, -0.2) is 20.5 Å². The first kappa shape index (κ1) is 6.56. The fraction of sp³-hybridized carbons (Fsp3) is 0.500. The molecule has 0 rings (SSSR count). The van der Waals surface area contributed by atoms with Gasteiger partial charge in [0.05, 0.1) is 0 Å². The van der Waals surface area contributed by atoms with Gasteiger partial charge in [0.1, 0.15) is 8.80 Å². The number of hydrogen-bond donors (Lipinski definition) is 0. The van der Waals surface area contributed by atoms with Crippen LogP contribution in [0.1, 0.15) is 0 Å². The highest BCUT2D eigenvalue weighted by Gasteiger charge is 2.04. The van der Waals surface area contributed by atoms with Crippen molar-refractivity contribution >= 4 is 20.5 Å². The van der Waals surface area contributed by atoms with Crippen LogP contribution >= 0.6 is 0 Å². The summed E-state index contributed by atoms with van der Waals surface area (Å²) in [5, 5.41) is -0.194. The molecule has 0 saturated carbocycles. The van der Waals surface area contributed by atoms with E-state index in [1.54, 1.807) is 0 Å². The summed E-state index contributed by atoms with van der Waals surface area (Å²) in [6, 6.07) is 0. The molecule has 3 heteroatoms. The summed E-state index contributed by atoms with van der Waals surface area (Å²) in [5.74, 6) is 0. The largest absolute Gasteiger partial charge is 0.298 e. The highest BCUT2D eigenvalue weighted by Crippen LogP contribution is 1.75. The molecular formula is C4H8O2Si. The third-order valence-corrected chi connectivity index (χ3v) is 1.96. The number of aldehydes is 1. The van der Waals surface area contributed by atoms with E-state index in [1.807, 2.05) is 13.1 Å². The van der Waals surface area contributed by atoms with Crippen LogP contribution in [0.15, 0.2) is 0 Å². The average Bonchev–Trinajstić information content (AvgIpc) is 1.65. The van der Waals surface area contributed by atoms with Crippen molar-refractivity contribution < 1.29 is 9.59 Å². The Morgan fingerprint density at radius 1 is 1.57 bits per heavy atom. The predicted molar refractivity (Wildman–Crippen MR) is 29.9 cm³/mol.